The third-order valence-corrected chi connectivity index (χ3v) is 4.37. The molecule has 0 bridgehead atoms. The molecule has 10 heteroatoms. The first-order valence-corrected chi connectivity index (χ1v) is 9.72. The van der Waals surface area contributed by atoms with E-state index in [1.807, 2.05) is 13.8 Å². The molecule has 131 valence electrons. The van der Waals surface area contributed by atoms with Crippen LogP contribution in [0.4, 0.5) is 0 Å². The SMILES string of the molecule is Cc1ccc(S(=O)(=O)O)cc1.Cc1ccc(S(=O)(=O)O)cc1.[O]=[V]. The summed E-state index contributed by atoms with van der Waals surface area (Å²) in [5, 5.41) is 0. The molecule has 0 saturated heterocycles. The van der Waals surface area contributed by atoms with E-state index >= 15 is 0 Å². The Morgan fingerprint density at radius 1 is 0.625 bits per heavy atom. The van der Waals surface area contributed by atoms with Crippen LogP contribution < -0.4 is 0 Å². The molecule has 0 spiro atoms. The van der Waals surface area contributed by atoms with Crippen LogP contribution in [0.15, 0.2) is 58.3 Å². The van der Waals surface area contributed by atoms with Crippen LogP contribution in [0.25, 0.3) is 0 Å². The zero-order chi connectivity index (χ0) is 19.0. The van der Waals surface area contributed by atoms with E-state index in [2.05, 4.69) is 0 Å². The Balaban J connectivity index is 0.000000400. The van der Waals surface area contributed by atoms with Gasteiger partial charge in [0.05, 0.1) is 9.79 Å². The van der Waals surface area contributed by atoms with E-state index in [9.17, 15) is 16.8 Å². The van der Waals surface area contributed by atoms with Gasteiger partial charge >= 0.3 is 21.0 Å². The van der Waals surface area contributed by atoms with Crippen LogP contribution in [0, 0.1) is 13.8 Å². The van der Waals surface area contributed by atoms with Crippen LogP contribution in [0.2, 0.25) is 0 Å². The minimum absolute atomic E-state index is 0.0666. The van der Waals surface area contributed by atoms with Gasteiger partial charge in [-0.25, -0.2) is 0 Å². The zero-order valence-corrected chi connectivity index (χ0v) is 15.8. The van der Waals surface area contributed by atoms with Crippen molar-refractivity contribution in [3.8, 4) is 0 Å². The van der Waals surface area contributed by atoms with Crippen molar-refractivity contribution in [2.24, 2.45) is 0 Å². The number of hydrogen-bond acceptors (Lipinski definition) is 5. The minimum atomic E-state index is -4.02. The first-order chi connectivity index (χ1) is 11.0. The number of benzene rings is 2. The molecule has 7 nitrogen and oxygen atoms in total. The van der Waals surface area contributed by atoms with Crippen LogP contribution in [0.5, 0.6) is 0 Å². The fourth-order valence-electron chi connectivity index (χ4n) is 1.42. The first-order valence-electron chi connectivity index (χ1n) is 6.27. The van der Waals surface area contributed by atoms with Crippen molar-refractivity contribution in [3.63, 3.8) is 0 Å². The maximum absolute atomic E-state index is 10.5. The summed E-state index contributed by atoms with van der Waals surface area (Å²) in [4.78, 5) is -0.133. The van der Waals surface area contributed by atoms with Crippen molar-refractivity contribution >= 4 is 20.2 Å². The monoisotopic (exact) mass is 411 g/mol. The number of rotatable bonds is 2. The molecule has 0 aliphatic heterocycles. The van der Waals surface area contributed by atoms with Gasteiger partial charge in [-0.3, -0.25) is 9.11 Å². The molecular weight excluding hydrogens is 395 g/mol. The van der Waals surface area contributed by atoms with E-state index in [0.29, 0.717) is 0 Å². The second kappa shape index (κ2) is 9.82. The van der Waals surface area contributed by atoms with E-state index in [1.54, 1.807) is 24.3 Å². The predicted molar refractivity (Wildman–Crippen MR) is 82.7 cm³/mol. The van der Waals surface area contributed by atoms with Crippen LogP contribution in [0.3, 0.4) is 0 Å². The fourth-order valence-corrected chi connectivity index (χ4v) is 2.38. The van der Waals surface area contributed by atoms with Crippen molar-refractivity contribution in [3.05, 3.63) is 59.7 Å². The molecule has 0 aliphatic carbocycles. The van der Waals surface area contributed by atoms with Crippen molar-refractivity contribution in [1.29, 1.82) is 0 Å². The maximum atomic E-state index is 10.5. The summed E-state index contributed by atoms with van der Waals surface area (Å²) in [5.74, 6) is 0. The Labute approximate surface area is 150 Å². The Morgan fingerprint density at radius 3 is 1.00 bits per heavy atom. The van der Waals surface area contributed by atoms with E-state index in [0.717, 1.165) is 28.5 Å². The number of aryl methyl sites for hydroxylation is 2. The molecular formula is C14H16O7S2V. The van der Waals surface area contributed by atoms with Gasteiger partial charge in [0.2, 0.25) is 0 Å². The molecule has 0 radical (unpaired) electrons. The molecule has 2 aromatic carbocycles. The van der Waals surface area contributed by atoms with Gasteiger partial charge in [0, 0.05) is 0 Å². The molecule has 0 atom stereocenters. The normalized spacial score (nSPS) is 10.6. The van der Waals surface area contributed by atoms with E-state index in [1.165, 1.54) is 24.3 Å². The molecule has 0 heterocycles. The van der Waals surface area contributed by atoms with E-state index in [-0.39, 0.29) is 9.79 Å². The van der Waals surface area contributed by atoms with Crippen molar-refractivity contribution < 1.29 is 47.0 Å². The Kier molecular flexibility index (Phi) is 9.27. The average molecular weight is 411 g/mol. The summed E-state index contributed by atoms with van der Waals surface area (Å²) in [6.45, 7) is 3.68. The molecule has 2 N–H and O–H groups in total. The van der Waals surface area contributed by atoms with E-state index in [4.69, 9.17) is 12.8 Å². The molecule has 0 aliphatic rings. The molecule has 0 aromatic heterocycles. The fraction of sp³-hybridized carbons (Fsp3) is 0.143. The molecule has 0 unspecified atom stereocenters. The second-order valence-corrected chi connectivity index (χ2v) is 7.42. The summed E-state index contributed by atoms with van der Waals surface area (Å²) in [7, 11) is -8.04. The molecule has 0 saturated carbocycles. The van der Waals surface area contributed by atoms with Gasteiger partial charge in [0.1, 0.15) is 0 Å². The van der Waals surface area contributed by atoms with Gasteiger partial charge < -0.3 is 0 Å². The molecule has 0 fully saturated rings. The molecule has 2 aromatic rings. The molecule has 2 rings (SSSR count). The van der Waals surface area contributed by atoms with Crippen molar-refractivity contribution in [2.75, 3.05) is 0 Å². The summed E-state index contributed by atoms with van der Waals surface area (Å²) in [6, 6.07) is 12.0. The average Bonchev–Trinajstić information content (AvgIpc) is 2.49. The summed E-state index contributed by atoms with van der Waals surface area (Å²) in [6.07, 6.45) is 0. The van der Waals surface area contributed by atoms with Crippen LogP contribution in [-0.4, -0.2) is 25.9 Å². The topological polar surface area (TPSA) is 126 Å². The first kappa shape index (κ1) is 22.6. The standard InChI is InChI=1S/2C7H8O3S.O.V/c2*1-6-2-4-7(5-3-6)11(8,9)10;;/h2*2-5H,1H3,(H,8,9,10);;. The van der Waals surface area contributed by atoms with Crippen LogP contribution in [-0.2, 0) is 41.3 Å². The van der Waals surface area contributed by atoms with Crippen LogP contribution in [0.1, 0.15) is 11.1 Å². The summed E-state index contributed by atoms with van der Waals surface area (Å²) in [5.41, 5.74) is 1.91. The molecule has 24 heavy (non-hydrogen) atoms. The third-order valence-electron chi connectivity index (χ3n) is 2.64. The second-order valence-electron chi connectivity index (χ2n) is 4.58. The Bertz CT molecular complexity index is 770. The zero-order valence-electron chi connectivity index (χ0n) is 12.8. The Morgan fingerprint density at radius 2 is 0.833 bits per heavy atom. The van der Waals surface area contributed by atoms with Crippen molar-refractivity contribution in [1.82, 2.24) is 0 Å². The van der Waals surface area contributed by atoms with Gasteiger partial charge in [-0.2, -0.15) is 16.8 Å². The quantitative estimate of drug-likeness (QED) is 0.727. The van der Waals surface area contributed by atoms with Crippen LogP contribution >= 0.6 is 0 Å². The Hall–Kier alpha value is -1.36. The van der Waals surface area contributed by atoms with E-state index < -0.39 is 20.2 Å². The van der Waals surface area contributed by atoms with Gasteiger partial charge in [0.15, 0.2) is 0 Å². The van der Waals surface area contributed by atoms with Gasteiger partial charge in [-0.1, -0.05) is 35.4 Å². The van der Waals surface area contributed by atoms with Crippen molar-refractivity contribution in [2.45, 2.75) is 23.6 Å². The molecule has 0 amide bonds. The number of hydrogen-bond donors (Lipinski definition) is 2. The van der Waals surface area contributed by atoms with Gasteiger partial charge in [-0.15, -0.1) is 0 Å². The third kappa shape index (κ3) is 8.48. The summed E-state index contributed by atoms with van der Waals surface area (Å²) >= 11 is 1.06. The summed E-state index contributed by atoms with van der Waals surface area (Å²) < 4.78 is 67.3. The van der Waals surface area contributed by atoms with Gasteiger partial charge in [0.25, 0.3) is 20.2 Å². The van der Waals surface area contributed by atoms with Gasteiger partial charge in [-0.05, 0) is 38.1 Å². The predicted octanol–water partition coefficient (Wildman–Crippen LogP) is 2.36.